The first-order valence-corrected chi connectivity index (χ1v) is 10.3. The van der Waals surface area contributed by atoms with Crippen LogP contribution in [0.3, 0.4) is 0 Å². The predicted octanol–water partition coefficient (Wildman–Crippen LogP) is 5.05. The molecule has 0 radical (unpaired) electrons. The fraction of sp³-hybridized carbons (Fsp3) is 0.375. The van der Waals surface area contributed by atoms with E-state index in [4.69, 9.17) is 4.74 Å². The molecule has 0 N–H and O–H groups in total. The molecule has 4 aromatic rings. The van der Waals surface area contributed by atoms with Crippen molar-refractivity contribution in [1.82, 2.24) is 14.5 Å². The minimum absolute atomic E-state index is 0.752. The van der Waals surface area contributed by atoms with Crippen LogP contribution in [0.2, 0.25) is 0 Å². The average molecular weight is 374 g/mol. The van der Waals surface area contributed by atoms with Gasteiger partial charge in [0, 0.05) is 47.7 Å². The number of nitrogens with zero attached hydrogens (tertiary/aromatic N) is 3. The van der Waals surface area contributed by atoms with Gasteiger partial charge in [-0.3, -0.25) is 9.88 Å². The molecule has 0 bridgehead atoms. The molecule has 0 unspecified atom stereocenters. The fourth-order valence-electron chi connectivity index (χ4n) is 4.76. The Kier molecular flexibility index (Phi) is 4.44. The number of benzene rings is 2. The molecule has 0 spiro atoms. The van der Waals surface area contributed by atoms with E-state index in [0.29, 0.717) is 0 Å². The van der Waals surface area contributed by atoms with E-state index >= 15 is 0 Å². The minimum atomic E-state index is 0.752. The summed E-state index contributed by atoms with van der Waals surface area (Å²) in [4.78, 5) is 6.83. The van der Waals surface area contributed by atoms with E-state index in [9.17, 15) is 0 Å². The Bertz CT molecular complexity index is 1160. The molecule has 0 saturated carbocycles. The van der Waals surface area contributed by atoms with Gasteiger partial charge in [-0.15, -0.1) is 0 Å². The summed E-state index contributed by atoms with van der Waals surface area (Å²) in [5.74, 6) is 0.959. The molecule has 1 aliphatic rings. The van der Waals surface area contributed by atoms with Crippen molar-refractivity contribution in [3.05, 3.63) is 48.3 Å². The molecule has 5 rings (SSSR count). The number of likely N-dealkylation sites (tertiary alicyclic amines) is 1. The van der Waals surface area contributed by atoms with Gasteiger partial charge in [-0.25, -0.2) is 0 Å². The van der Waals surface area contributed by atoms with Crippen LogP contribution in [0.15, 0.2) is 42.7 Å². The highest BCUT2D eigenvalue weighted by Crippen LogP contribution is 2.36. The van der Waals surface area contributed by atoms with Gasteiger partial charge >= 0.3 is 0 Å². The first kappa shape index (κ1) is 17.5. The van der Waals surface area contributed by atoms with Crippen molar-refractivity contribution in [3.8, 4) is 5.75 Å². The van der Waals surface area contributed by atoms with E-state index in [1.54, 1.807) is 0 Å². The number of hydrogen-bond donors (Lipinski definition) is 0. The Balaban J connectivity index is 1.50. The SMILES string of the molecule is Cc1c2ccncc2cc2c3cc(OCCN4CCCCC4)ccc3n(C)c12. The van der Waals surface area contributed by atoms with Crippen molar-refractivity contribution in [2.45, 2.75) is 26.2 Å². The first-order chi connectivity index (χ1) is 13.7. The van der Waals surface area contributed by atoms with Crippen LogP contribution in [0, 0.1) is 6.92 Å². The maximum absolute atomic E-state index is 6.13. The highest BCUT2D eigenvalue weighted by molar-refractivity contribution is 6.14. The van der Waals surface area contributed by atoms with Crippen molar-refractivity contribution < 1.29 is 4.74 Å². The van der Waals surface area contributed by atoms with Crippen LogP contribution in [0.4, 0.5) is 0 Å². The van der Waals surface area contributed by atoms with E-state index in [2.05, 4.69) is 58.8 Å². The lowest BCUT2D eigenvalue weighted by molar-refractivity contribution is 0.183. The maximum Gasteiger partial charge on any atom is 0.120 e. The number of rotatable bonds is 4. The highest BCUT2D eigenvalue weighted by Gasteiger charge is 2.14. The lowest BCUT2D eigenvalue weighted by atomic mass is 10.0. The number of fused-ring (bicyclic) bond motifs is 4. The minimum Gasteiger partial charge on any atom is -0.492 e. The van der Waals surface area contributed by atoms with Crippen molar-refractivity contribution >= 4 is 32.6 Å². The number of piperidine rings is 1. The molecular weight excluding hydrogens is 346 g/mol. The van der Waals surface area contributed by atoms with Gasteiger partial charge in [0.1, 0.15) is 12.4 Å². The van der Waals surface area contributed by atoms with Crippen molar-refractivity contribution in [2.24, 2.45) is 7.05 Å². The molecule has 1 saturated heterocycles. The molecule has 0 amide bonds. The number of ether oxygens (including phenoxy) is 1. The summed E-state index contributed by atoms with van der Waals surface area (Å²) in [6.45, 7) is 6.41. The first-order valence-electron chi connectivity index (χ1n) is 10.3. The lowest BCUT2D eigenvalue weighted by Gasteiger charge is -2.26. The molecule has 144 valence electrons. The van der Waals surface area contributed by atoms with Crippen LogP contribution < -0.4 is 4.74 Å². The standard InChI is InChI=1S/C24H27N3O/c1-17-20-8-9-25-16-18(20)14-22-21-15-19(6-7-23(21)26(2)24(17)22)28-13-12-27-10-4-3-5-11-27/h6-9,14-16H,3-5,10-13H2,1-2H3. The number of aromatic nitrogens is 2. The molecule has 2 aromatic carbocycles. The summed E-state index contributed by atoms with van der Waals surface area (Å²) in [5, 5.41) is 4.99. The van der Waals surface area contributed by atoms with E-state index in [1.165, 1.54) is 70.5 Å². The van der Waals surface area contributed by atoms with Crippen molar-refractivity contribution in [1.29, 1.82) is 0 Å². The van der Waals surface area contributed by atoms with Crippen molar-refractivity contribution in [3.63, 3.8) is 0 Å². The zero-order valence-corrected chi connectivity index (χ0v) is 16.7. The predicted molar refractivity (Wildman–Crippen MR) is 116 cm³/mol. The Labute approximate surface area is 165 Å². The van der Waals surface area contributed by atoms with Crippen molar-refractivity contribution in [2.75, 3.05) is 26.2 Å². The van der Waals surface area contributed by atoms with Gasteiger partial charge in [0.05, 0.1) is 5.52 Å². The van der Waals surface area contributed by atoms with Gasteiger partial charge in [-0.2, -0.15) is 0 Å². The molecule has 4 heteroatoms. The topological polar surface area (TPSA) is 30.3 Å². The number of hydrogen-bond acceptors (Lipinski definition) is 3. The largest absolute Gasteiger partial charge is 0.492 e. The Morgan fingerprint density at radius 3 is 2.71 bits per heavy atom. The second kappa shape index (κ2) is 7.10. The third-order valence-corrected chi connectivity index (χ3v) is 6.25. The van der Waals surface area contributed by atoms with Crippen LogP contribution in [-0.2, 0) is 7.05 Å². The summed E-state index contributed by atoms with van der Waals surface area (Å²) in [6, 6.07) is 10.9. The molecule has 3 heterocycles. The summed E-state index contributed by atoms with van der Waals surface area (Å²) < 4.78 is 8.43. The number of aryl methyl sites for hydroxylation is 2. The van der Waals surface area contributed by atoms with Crippen LogP contribution >= 0.6 is 0 Å². The quantitative estimate of drug-likeness (QED) is 0.501. The molecule has 28 heavy (non-hydrogen) atoms. The molecule has 2 aromatic heterocycles. The van der Waals surface area contributed by atoms with E-state index < -0.39 is 0 Å². The average Bonchev–Trinajstić information content (AvgIpc) is 3.01. The monoisotopic (exact) mass is 373 g/mol. The summed E-state index contributed by atoms with van der Waals surface area (Å²) in [6.07, 6.45) is 7.85. The Hall–Kier alpha value is -2.59. The van der Waals surface area contributed by atoms with Gasteiger partial charge in [0.25, 0.3) is 0 Å². The van der Waals surface area contributed by atoms with Crippen LogP contribution in [-0.4, -0.2) is 40.7 Å². The summed E-state index contributed by atoms with van der Waals surface area (Å²) in [7, 11) is 2.15. The van der Waals surface area contributed by atoms with Gasteiger partial charge in [-0.1, -0.05) is 6.42 Å². The fourth-order valence-corrected chi connectivity index (χ4v) is 4.76. The van der Waals surface area contributed by atoms with Gasteiger partial charge in [-0.05, 0) is 74.1 Å². The van der Waals surface area contributed by atoms with Crippen LogP contribution in [0.1, 0.15) is 24.8 Å². The Morgan fingerprint density at radius 1 is 1.00 bits per heavy atom. The van der Waals surface area contributed by atoms with Crippen LogP contribution in [0.25, 0.3) is 32.6 Å². The van der Waals surface area contributed by atoms with E-state index in [-0.39, 0.29) is 0 Å². The maximum atomic E-state index is 6.13. The Morgan fingerprint density at radius 2 is 1.86 bits per heavy atom. The molecule has 4 nitrogen and oxygen atoms in total. The third kappa shape index (κ3) is 2.92. The van der Waals surface area contributed by atoms with Gasteiger partial charge < -0.3 is 9.30 Å². The zero-order chi connectivity index (χ0) is 19.1. The smallest absolute Gasteiger partial charge is 0.120 e. The summed E-state index contributed by atoms with van der Waals surface area (Å²) in [5.41, 5.74) is 3.84. The second-order valence-electron chi connectivity index (χ2n) is 7.98. The highest BCUT2D eigenvalue weighted by atomic mass is 16.5. The van der Waals surface area contributed by atoms with Gasteiger partial charge in [0.2, 0.25) is 0 Å². The molecule has 1 aliphatic heterocycles. The van der Waals surface area contributed by atoms with Crippen LogP contribution in [0.5, 0.6) is 5.75 Å². The molecule has 0 atom stereocenters. The van der Waals surface area contributed by atoms with E-state index in [1.807, 2.05) is 12.4 Å². The van der Waals surface area contributed by atoms with E-state index in [0.717, 1.165) is 18.9 Å². The zero-order valence-electron chi connectivity index (χ0n) is 16.7. The molecular formula is C24H27N3O. The lowest BCUT2D eigenvalue weighted by Crippen LogP contribution is -2.33. The number of pyridine rings is 1. The van der Waals surface area contributed by atoms with Gasteiger partial charge in [0.15, 0.2) is 0 Å². The third-order valence-electron chi connectivity index (χ3n) is 6.25. The molecule has 1 fully saturated rings. The molecule has 0 aliphatic carbocycles. The summed E-state index contributed by atoms with van der Waals surface area (Å²) >= 11 is 0. The second-order valence-corrected chi connectivity index (χ2v) is 7.98. The normalized spacial score (nSPS) is 15.6.